The van der Waals surface area contributed by atoms with E-state index in [1.165, 1.54) is 19.4 Å². The smallest absolute Gasteiger partial charge is 0.252 e. The molecular weight excluding hydrogens is 340 g/mol. The number of phenolic OH excluding ortho intramolecular Hbond substituents is 1. The Kier molecular flexibility index (Phi) is 4.59. The standard InChI is InChI=1S/C13H13BrN4O3/c1-7-3-11(19)17-13(16-7)18-15-6-8-4-9(14)5-10(21-2)12(8)20/h3-6,20H,1-2H3,(H2,16,17,18,19)/b15-6+. The maximum Gasteiger partial charge on any atom is 0.252 e. The van der Waals surface area contributed by atoms with E-state index in [-0.39, 0.29) is 17.3 Å². The van der Waals surface area contributed by atoms with E-state index in [4.69, 9.17) is 4.74 Å². The lowest BCUT2D eigenvalue weighted by Gasteiger charge is -2.06. The van der Waals surface area contributed by atoms with Crippen LogP contribution in [0.15, 0.2) is 32.6 Å². The number of phenols is 1. The van der Waals surface area contributed by atoms with Crippen LogP contribution in [0.5, 0.6) is 11.5 Å². The van der Waals surface area contributed by atoms with Gasteiger partial charge < -0.3 is 9.84 Å². The van der Waals surface area contributed by atoms with Crippen molar-refractivity contribution in [3.8, 4) is 11.5 Å². The highest BCUT2D eigenvalue weighted by Gasteiger charge is 2.08. The van der Waals surface area contributed by atoms with Gasteiger partial charge in [0.15, 0.2) is 11.5 Å². The van der Waals surface area contributed by atoms with Gasteiger partial charge in [-0.3, -0.25) is 9.78 Å². The second-order valence-corrected chi connectivity index (χ2v) is 5.07. The molecule has 1 aromatic heterocycles. The van der Waals surface area contributed by atoms with Gasteiger partial charge in [0.1, 0.15) is 0 Å². The van der Waals surface area contributed by atoms with Crippen LogP contribution in [0, 0.1) is 6.92 Å². The van der Waals surface area contributed by atoms with E-state index in [1.54, 1.807) is 19.1 Å². The molecule has 0 spiro atoms. The van der Waals surface area contributed by atoms with Gasteiger partial charge in [-0.1, -0.05) is 15.9 Å². The van der Waals surface area contributed by atoms with Crippen molar-refractivity contribution in [1.29, 1.82) is 0 Å². The predicted octanol–water partition coefficient (Wildman–Crippen LogP) is 2.00. The molecule has 2 aromatic rings. The molecule has 1 aromatic carbocycles. The van der Waals surface area contributed by atoms with Gasteiger partial charge in [0.25, 0.3) is 5.56 Å². The summed E-state index contributed by atoms with van der Waals surface area (Å²) in [7, 11) is 1.46. The number of hydrogen-bond acceptors (Lipinski definition) is 6. The summed E-state index contributed by atoms with van der Waals surface area (Å²) in [4.78, 5) is 17.8. The summed E-state index contributed by atoms with van der Waals surface area (Å²) in [5, 5.41) is 13.9. The summed E-state index contributed by atoms with van der Waals surface area (Å²) >= 11 is 3.31. The van der Waals surface area contributed by atoms with Crippen molar-refractivity contribution in [2.75, 3.05) is 12.5 Å². The highest BCUT2D eigenvalue weighted by Crippen LogP contribution is 2.32. The molecule has 3 N–H and O–H groups in total. The Morgan fingerprint density at radius 2 is 2.24 bits per heavy atom. The lowest BCUT2D eigenvalue weighted by molar-refractivity contribution is 0.373. The molecule has 0 saturated carbocycles. The van der Waals surface area contributed by atoms with Crippen molar-refractivity contribution in [2.24, 2.45) is 5.10 Å². The van der Waals surface area contributed by atoms with E-state index in [1.807, 2.05) is 0 Å². The number of benzene rings is 1. The Balaban J connectivity index is 2.22. The van der Waals surface area contributed by atoms with Crippen LogP contribution >= 0.6 is 15.9 Å². The fourth-order valence-corrected chi connectivity index (χ4v) is 2.10. The average molecular weight is 353 g/mol. The molecule has 2 rings (SSSR count). The zero-order valence-electron chi connectivity index (χ0n) is 11.3. The third-order valence-electron chi connectivity index (χ3n) is 2.53. The number of hydrogen-bond donors (Lipinski definition) is 3. The molecule has 0 fully saturated rings. The number of aromatic amines is 1. The molecule has 0 bridgehead atoms. The topological polar surface area (TPSA) is 99.6 Å². The number of hydrazone groups is 1. The van der Waals surface area contributed by atoms with Crippen molar-refractivity contribution < 1.29 is 9.84 Å². The molecule has 0 aliphatic heterocycles. The summed E-state index contributed by atoms with van der Waals surface area (Å²) in [5.41, 5.74) is 3.34. The first-order valence-electron chi connectivity index (χ1n) is 5.93. The van der Waals surface area contributed by atoms with E-state index < -0.39 is 0 Å². The molecule has 0 atom stereocenters. The van der Waals surface area contributed by atoms with E-state index in [0.29, 0.717) is 17.0 Å². The number of nitrogens with zero attached hydrogens (tertiary/aromatic N) is 2. The Hall–Kier alpha value is -2.35. The predicted molar refractivity (Wildman–Crippen MR) is 83.2 cm³/mol. The maximum absolute atomic E-state index is 11.3. The monoisotopic (exact) mass is 352 g/mol. The number of methoxy groups -OCH3 is 1. The molecule has 21 heavy (non-hydrogen) atoms. The molecule has 0 saturated heterocycles. The fourth-order valence-electron chi connectivity index (χ4n) is 1.64. The summed E-state index contributed by atoms with van der Waals surface area (Å²) in [6.45, 7) is 1.70. The van der Waals surface area contributed by atoms with Crippen LogP contribution < -0.4 is 15.7 Å². The Labute approximate surface area is 128 Å². The molecule has 7 nitrogen and oxygen atoms in total. The number of aryl methyl sites for hydroxylation is 1. The third-order valence-corrected chi connectivity index (χ3v) is 2.99. The first-order valence-corrected chi connectivity index (χ1v) is 6.72. The minimum absolute atomic E-state index is 0.0306. The number of rotatable bonds is 4. The summed E-state index contributed by atoms with van der Waals surface area (Å²) in [6, 6.07) is 4.69. The lowest BCUT2D eigenvalue weighted by Crippen LogP contribution is -2.10. The second-order valence-electron chi connectivity index (χ2n) is 4.15. The van der Waals surface area contributed by atoms with Crippen molar-refractivity contribution in [1.82, 2.24) is 9.97 Å². The number of halogens is 1. The van der Waals surface area contributed by atoms with Gasteiger partial charge in [-0.2, -0.15) is 5.10 Å². The zero-order chi connectivity index (χ0) is 15.4. The van der Waals surface area contributed by atoms with Crippen LogP contribution in [-0.4, -0.2) is 28.4 Å². The highest BCUT2D eigenvalue weighted by atomic mass is 79.9. The molecule has 110 valence electrons. The first-order chi connectivity index (χ1) is 9.99. The lowest BCUT2D eigenvalue weighted by atomic mass is 10.2. The molecule has 1 heterocycles. The SMILES string of the molecule is COc1cc(Br)cc(/C=N/Nc2nc(C)cc(=O)[nH]2)c1O. The molecule has 0 radical (unpaired) electrons. The van der Waals surface area contributed by atoms with Gasteiger partial charge in [0.2, 0.25) is 5.95 Å². The van der Waals surface area contributed by atoms with Gasteiger partial charge in [0.05, 0.1) is 13.3 Å². The number of nitrogens with one attached hydrogen (secondary N) is 2. The van der Waals surface area contributed by atoms with Gasteiger partial charge in [-0.25, -0.2) is 10.4 Å². The van der Waals surface area contributed by atoms with Crippen molar-refractivity contribution in [2.45, 2.75) is 6.92 Å². The van der Waals surface area contributed by atoms with Crippen molar-refractivity contribution in [3.63, 3.8) is 0 Å². The second kappa shape index (κ2) is 6.40. The third kappa shape index (κ3) is 3.82. The molecule has 0 unspecified atom stereocenters. The van der Waals surface area contributed by atoms with Crippen LogP contribution in [0.2, 0.25) is 0 Å². The van der Waals surface area contributed by atoms with E-state index in [0.717, 1.165) is 4.47 Å². The number of aromatic hydroxyl groups is 1. The fraction of sp³-hybridized carbons (Fsp3) is 0.154. The van der Waals surface area contributed by atoms with Crippen LogP contribution in [0.25, 0.3) is 0 Å². The Bertz CT molecular complexity index is 743. The minimum Gasteiger partial charge on any atom is -0.504 e. The van der Waals surface area contributed by atoms with Crippen molar-refractivity contribution in [3.05, 3.63) is 44.3 Å². The average Bonchev–Trinajstić information content (AvgIpc) is 2.41. The number of anilines is 1. The minimum atomic E-state index is -0.271. The Morgan fingerprint density at radius 1 is 1.48 bits per heavy atom. The largest absolute Gasteiger partial charge is 0.504 e. The number of aromatic nitrogens is 2. The molecule has 0 aliphatic rings. The van der Waals surface area contributed by atoms with Gasteiger partial charge >= 0.3 is 0 Å². The van der Waals surface area contributed by atoms with E-state index in [2.05, 4.69) is 36.4 Å². The van der Waals surface area contributed by atoms with Gasteiger partial charge in [-0.15, -0.1) is 0 Å². The van der Waals surface area contributed by atoms with Crippen molar-refractivity contribution >= 4 is 28.1 Å². The normalized spacial score (nSPS) is 10.8. The summed E-state index contributed by atoms with van der Waals surface area (Å²) in [6.07, 6.45) is 1.39. The molecule has 0 aliphatic carbocycles. The first kappa shape index (κ1) is 15.0. The Morgan fingerprint density at radius 3 is 2.90 bits per heavy atom. The van der Waals surface area contributed by atoms with E-state index >= 15 is 0 Å². The number of ether oxygens (including phenoxy) is 1. The molecular formula is C13H13BrN4O3. The van der Waals surface area contributed by atoms with Crippen LogP contribution in [0.3, 0.4) is 0 Å². The molecule has 0 amide bonds. The van der Waals surface area contributed by atoms with E-state index in [9.17, 15) is 9.90 Å². The van der Waals surface area contributed by atoms with Gasteiger partial charge in [-0.05, 0) is 19.1 Å². The van der Waals surface area contributed by atoms with Crippen LogP contribution in [0.4, 0.5) is 5.95 Å². The van der Waals surface area contributed by atoms with Crippen LogP contribution in [-0.2, 0) is 0 Å². The quantitative estimate of drug-likeness (QED) is 0.577. The summed E-state index contributed by atoms with van der Waals surface area (Å²) < 4.78 is 5.78. The highest BCUT2D eigenvalue weighted by molar-refractivity contribution is 9.10. The summed E-state index contributed by atoms with van der Waals surface area (Å²) in [5.74, 6) is 0.516. The molecule has 8 heteroatoms. The zero-order valence-corrected chi connectivity index (χ0v) is 12.9. The maximum atomic E-state index is 11.3. The number of H-pyrrole nitrogens is 1. The van der Waals surface area contributed by atoms with Gasteiger partial charge in [0, 0.05) is 21.8 Å². The van der Waals surface area contributed by atoms with Crippen LogP contribution in [0.1, 0.15) is 11.3 Å².